The highest BCUT2D eigenvalue weighted by molar-refractivity contribution is 7.98. The van der Waals surface area contributed by atoms with E-state index < -0.39 is 0 Å². The zero-order valence-corrected chi connectivity index (χ0v) is 13.3. The van der Waals surface area contributed by atoms with Crippen LogP contribution in [0.25, 0.3) is 0 Å². The zero-order valence-electron chi connectivity index (χ0n) is 12.5. The normalized spacial score (nSPS) is 12.2. The van der Waals surface area contributed by atoms with E-state index in [4.69, 9.17) is 4.74 Å². The topological polar surface area (TPSA) is 21.3 Å². The van der Waals surface area contributed by atoms with Crippen LogP contribution in [-0.2, 0) is 0 Å². The van der Waals surface area contributed by atoms with Gasteiger partial charge in [-0.1, -0.05) is 37.3 Å². The first-order valence-corrected chi connectivity index (χ1v) is 8.14. The van der Waals surface area contributed by atoms with Crippen molar-refractivity contribution < 1.29 is 9.13 Å². The molecule has 0 bridgehead atoms. The summed E-state index contributed by atoms with van der Waals surface area (Å²) in [6.45, 7) is 2.77. The molecule has 21 heavy (non-hydrogen) atoms. The molecule has 0 radical (unpaired) electrons. The largest absolute Gasteiger partial charge is 0.494 e. The number of benzene rings is 2. The first kappa shape index (κ1) is 15.9. The van der Waals surface area contributed by atoms with Gasteiger partial charge in [0.1, 0.15) is 0 Å². The minimum Gasteiger partial charge on any atom is -0.494 e. The third-order valence-electron chi connectivity index (χ3n) is 3.38. The predicted octanol–water partition coefficient (Wildman–Crippen LogP) is 4.26. The lowest BCUT2D eigenvalue weighted by molar-refractivity contribution is 0.381. The molecule has 0 heterocycles. The average Bonchev–Trinajstić information content (AvgIpc) is 2.53. The molecule has 0 aliphatic carbocycles. The van der Waals surface area contributed by atoms with Crippen molar-refractivity contribution in [1.82, 2.24) is 5.32 Å². The molecule has 2 aromatic rings. The van der Waals surface area contributed by atoms with Crippen LogP contribution in [0.2, 0.25) is 0 Å². The molecular weight excluding hydrogens is 285 g/mol. The van der Waals surface area contributed by atoms with Crippen LogP contribution in [0.3, 0.4) is 0 Å². The average molecular weight is 305 g/mol. The molecule has 0 aromatic heterocycles. The SMILES string of the molecule is CCNC(c1ccccc1SC)c1cccc(OC)c1F. The Hall–Kier alpha value is -1.52. The second-order valence-electron chi connectivity index (χ2n) is 4.60. The fourth-order valence-corrected chi connectivity index (χ4v) is 3.04. The number of thioether (sulfide) groups is 1. The zero-order chi connectivity index (χ0) is 15.2. The molecule has 2 aromatic carbocycles. The van der Waals surface area contributed by atoms with Gasteiger partial charge in [-0.2, -0.15) is 0 Å². The van der Waals surface area contributed by atoms with Gasteiger partial charge in [-0.15, -0.1) is 11.8 Å². The first-order valence-electron chi connectivity index (χ1n) is 6.91. The Bertz CT molecular complexity index is 603. The number of rotatable bonds is 6. The summed E-state index contributed by atoms with van der Waals surface area (Å²) in [5, 5.41) is 3.37. The molecule has 112 valence electrons. The van der Waals surface area contributed by atoms with Crippen molar-refractivity contribution in [3.05, 3.63) is 59.4 Å². The molecule has 1 atom stereocenters. The molecule has 4 heteroatoms. The minimum absolute atomic E-state index is 0.186. The van der Waals surface area contributed by atoms with Gasteiger partial charge in [0.2, 0.25) is 0 Å². The highest BCUT2D eigenvalue weighted by atomic mass is 32.2. The highest BCUT2D eigenvalue weighted by Crippen LogP contribution is 2.33. The summed E-state index contributed by atoms with van der Waals surface area (Å²) in [5.74, 6) is -0.0288. The van der Waals surface area contributed by atoms with Crippen LogP contribution < -0.4 is 10.1 Å². The van der Waals surface area contributed by atoms with Crippen LogP contribution in [0.1, 0.15) is 24.1 Å². The maximum Gasteiger partial charge on any atom is 0.170 e. The maximum atomic E-state index is 14.6. The Labute approximate surface area is 129 Å². The van der Waals surface area contributed by atoms with Gasteiger partial charge in [0.25, 0.3) is 0 Å². The lowest BCUT2D eigenvalue weighted by Gasteiger charge is -2.22. The van der Waals surface area contributed by atoms with Crippen molar-refractivity contribution in [3.8, 4) is 5.75 Å². The lowest BCUT2D eigenvalue weighted by atomic mass is 9.97. The van der Waals surface area contributed by atoms with Crippen LogP contribution in [0.15, 0.2) is 47.4 Å². The van der Waals surface area contributed by atoms with Crippen molar-refractivity contribution in [2.75, 3.05) is 19.9 Å². The van der Waals surface area contributed by atoms with Crippen LogP contribution in [0.4, 0.5) is 4.39 Å². The summed E-state index contributed by atoms with van der Waals surface area (Å²) in [7, 11) is 1.49. The van der Waals surface area contributed by atoms with Gasteiger partial charge >= 0.3 is 0 Å². The number of hydrogen-bond donors (Lipinski definition) is 1. The van der Waals surface area contributed by atoms with E-state index in [1.165, 1.54) is 7.11 Å². The third-order valence-corrected chi connectivity index (χ3v) is 4.19. The van der Waals surface area contributed by atoms with E-state index >= 15 is 0 Å². The molecule has 1 unspecified atom stereocenters. The van der Waals surface area contributed by atoms with Crippen molar-refractivity contribution >= 4 is 11.8 Å². The van der Waals surface area contributed by atoms with Crippen LogP contribution in [0.5, 0.6) is 5.75 Å². The third kappa shape index (κ3) is 3.39. The molecule has 2 rings (SSSR count). The van der Waals surface area contributed by atoms with Gasteiger partial charge in [0.05, 0.1) is 13.2 Å². The standard InChI is InChI=1S/C17H20FNOS/c1-4-19-17(12-8-5-6-11-15(12)21-3)13-9-7-10-14(20-2)16(13)18/h5-11,17,19H,4H2,1-3H3. The second kappa shape index (κ2) is 7.48. The van der Waals surface area contributed by atoms with E-state index in [0.717, 1.165) is 17.0 Å². The second-order valence-corrected chi connectivity index (χ2v) is 5.44. The highest BCUT2D eigenvalue weighted by Gasteiger charge is 2.21. The minimum atomic E-state index is -0.304. The Morgan fingerprint density at radius 3 is 2.52 bits per heavy atom. The molecule has 0 aliphatic rings. The summed E-state index contributed by atoms with van der Waals surface area (Å²) < 4.78 is 19.7. The van der Waals surface area contributed by atoms with Crippen molar-refractivity contribution in [1.29, 1.82) is 0 Å². The Kier molecular flexibility index (Phi) is 5.65. The van der Waals surface area contributed by atoms with Gasteiger partial charge in [0, 0.05) is 10.5 Å². The summed E-state index contributed by atoms with van der Waals surface area (Å²) >= 11 is 1.67. The van der Waals surface area contributed by atoms with E-state index in [9.17, 15) is 4.39 Å². The van der Waals surface area contributed by atoms with Gasteiger partial charge in [-0.25, -0.2) is 4.39 Å². The van der Waals surface area contributed by atoms with E-state index in [1.54, 1.807) is 17.8 Å². The Balaban J connectivity index is 2.53. The molecule has 2 nitrogen and oxygen atoms in total. The molecule has 1 N–H and O–H groups in total. The van der Waals surface area contributed by atoms with Gasteiger partial charge < -0.3 is 10.1 Å². The van der Waals surface area contributed by atoms with Gasteiger partial charge in [0.15, 0.2) is 11.6 Å². The van der Waals surface area contributed by atoms with E-state index in [-0.39, 0.29) is 17.6 Å². The van der Waals surface area contributed by atoms with E-state index in [1.807, 2.05) is 43.5 Å². The predicted molar refractivity (Wildman–Crippen MR) is 86.7 cm³/mol. The molecular formula is C17H20FNOS. The quantitative estimate of drug-likeness (QED) is 0.806. The molecule has 0 spiro atoms. The summed E-state index contributed by atoms with van der Waals surface area (Å²) in [6, 6.07) is 13.2. The van der Waals surface area contributed by atoms with Crippen LogP contribution in [-0.4, -0.2) is 19.9 Å². The first-order chi connectivity index (χ1) is 10.2. The number of nitrogens with one attached hydrogen (secondary N) is 1. The monoisotopic (exact) mass is 305 g/mol. The number of methoxy groups -OCH3 is 1. The van der Waals surface area contributed by atoms with Crippen LogP contribution >= 0.6 is 11.8 Å². The molecule has 0 amide bonds. The summed E-state index contributed by atoms with van der Waals surface area (Å²) in [6.07, 6.45) is 2.03. The van der Waals surface area contributed by atoms with Gasteiger partial charge in [-0.3, -0.25) is 0 Å². The number of ether oxygens (including phenoxy) is 1. The number of hydrogen-bond acceptors (Lipinski definition) is 3. The van der Waals surface area contributed by atoms with E-state index in [0.29, 0.717) is 5.56 Å². The van der Waals surface area contributed by atoms with Crippen molar-refractivity contribution in [3.63, 3.8) is 0 Å². The van der Waals surface area contributed by atoms with Crippen molar-refractivity contribution in [2.45, 2.75) is 17.9 Å². The molecule has 0 saturated carbocycles. The molecule has 0 saturated heterocycles. The van der Waals surface area contributed by atoms with Gasteiger partial charge in [-0.05, 0) is 30.5 Å². The molecule has 0 aliphatic heterocycles. The summed E-state index contributed by atoms with van der Waals surface area (Å²) in [4.78, 5) is 1.14. The lowest BCUT2D eigenvalue weighted by Crippen LogP contribution is -2.23. The Morgan fingerprint density at radius 2 is 1.86 bits per heavy atom. The van der Waals surface area contributed by atoms with Crippen molar-refractivity contribution in [2.24, 2.45) is 0 Å². The Morgan fingerprint density at radius 1 is 1.14 bits per heavy atom. The fraction of sp³-hybridized carbons (Fsp3) is 0.294. The smallest absolute Gasteiger partial charge is 0.170 e. The molecule has 0 fully saturated rings. The maximum absolute atomic E-state index is 14.6. The van der Waals surface area contributed by atoms with E-state index in [2.05, 4.69) is 11.4 Å². The van der Waals surface area contributed by atoms with Crippen LogP contribution in [0, 0.1) is 5.82 Å². The number of halogens is 1. The fourth-order valence-electron chi connectivity index (χ4n) is 2.40. The summed E-state index contributed by atoms with van der Waals surface area (Å²) in [5.41, 5.74) is 1.69.